The molecule has 2 aromatic rings. The van der Waals surface area contributed by atoms with Gasteiger partial charge in [-0.3, -0.25) is 9.48 Å². The van der Waals surface area contributed by atoms with E-state index in [1.807, 2.05) is 18.5 Å². The van der Waals surface area contributed by atoms with Crippen LogP contribution < -0.4 is 11.3 Å². The van der Waals surface area contributed by atoms with E-state index in [1.165, 1.54) is 12.1 Å². The van der Waals surface area contributed by atoms with Gasteiger partial charge in [0.15, 0.2) is 0 Å². The SMILES string of the molecule is CCCn1c(CC)c(N)c(=O)n1Cc1cccc(F)c1. The number of hydrogen-bond donors (Lipinski definition) is 1. The summed E-state index contributed by atoms with van der Waals surface area (Å²) >= 11 is 0. The van der Waals surface area contributed by atoms with Crippen LogP contribution >= 0.6 is 0 Å². The molecule has 108 valence electrons. The van der Waals surface area contributed by atoms with Gasteiger partial charge in [-0.15, -0.1) is 0 Å². The first-order chi connectivity index (χ1) is 9.58. The van der Waals surface area contributed by atoms with Crippen molar-refractivity contribution in [2.45, 2.75) is 39.8 Å². The molecule has 5 heteroatoms. The molecule has 0 saturated carbocycles. The van der Waals surface area contributed by atoms with E-state index < -0.39 is 0 Å². The molecule has 1 heterocycles. The van der Waals surface area contributed by atoms with Gasteiger partial charge in [-0.05, 0) is 30.5 Å². The second-order valence-corrected chi connectivity index (χ2v) is 4.83. The standard InChI is InChI=1S/C15H20FN3O/c1-3-8-18-13(4-2)14(17)15(20)19(18)10-11-6-5-7-12(16)9-11/h5-7,9H,3-4,8,10,17H2,1-2H3. The maximum absolute atomic E-state index is 13.3. The summed E-state index contributed by atoms with van der Waals surface area (Å²) in [5.74, 6) is -0.298. The van der Waals surface area contributed by atoms with E-state index in [1.54, 1.807) is 16.8 Å². The van der Waals surface area contributed by atoms with E-state index in [2.05, 4.69) is 0 Å². The number of aromatic nitrogens is 2. The number of anilines is 1. The first kappa shape index (κ1) is 14.4. The minimum Gasteiger partial charge on any atom is -0.393 e. The van der Waals surface area contributed by atoms with E-state index in [4.69, 9.17) is 5.73 Å². The van der Waals surface area contributed by atoms with Crippen LogP contribution in [-0.2, 0) is 19.5 Å². The van der Waals surface area contributed by atoms with Gasteiger partial charge < -0.3 is 5.73 Å². The summed E-state index contributed by atoms with van der Waals surface area (Å²) in [4.78, 5) is 12.3. The second-order valence-electron chi connectivity index (χ2n) is 4.83. The van der Waals surface area contributed by atoms with Crippen LogP contribution in [-0.4, -0.2) is 9.36 Å². The fraction of sp³-hybridized carbons (Fsp3) is 0.400. The molecule has 1 aromatic heterocycles. The molecule has 0 bridgehead atoms. The summed E-state index contributed by atoms with van der Waals surface area (Å²) in [6.07, 6.45) is 1.61. The fourth-order valence-corrected chi connectivity index (χ4v) is 2.46. The van der Waals surface area contributed by atoms with Gasteiger partial charge in [-0.2, -0.15) is 0 Å². The van der Waals surface area contributed by atoms with Crippen molar-refractivity contribution < 1.29 is 4.39 Å². The zero-order chi connectivity index (χ0) is 14.7. The van der Waals surface area contributed by atoms with Crippen LogP contribution in [0.25, 0.3) is 0 Å². The molecule has 0 spiro atoms. The Morgan fingerprint density at radius 1 is 1.25 bits per heavy atom. The van der Waals surface area contributed by atoms with Crippen LogP contribution in [0.1, 0.15) is 31.5 Å². The quantitative estimate of drug-likeness (QED) is 0.912. The Kier molecular flexibility index (Phi) is 4.27. The molecular weight excluding hydrogens is 257 g/mol. The van der Waals surface area contributed by atoms with Crippen molar-refractivity contribution in [3.8, 4) is 0 Å². The highest BCUT2D eigenvalue weighted by molar-refractivity contribution is 5.41. The highest BCUT2D eigenvalue weighted by atomic mass is 19.1. The van der Waals surface area contributed by atoms with Gasteiger partial charge in [0.05, 0.1) is 12.2 Å². The Morgan fingerprint density at radius 2 is 2.00 bits per heavy atom. The maximum atomic E-state index is 13.3. The summed E-state index contributed by atoms with van der Waals surface area (Å²) in [6, 6.07) is 6.29. The van der Waals surface area contributed by atoms with E-state index in [-0.39, 0.29) is 11.4 Å². The zero-order valence-electron chi connectivity index (χ0n) is 11.9. The van der Waals surface area contributed by atoms with Crippen LogP contribution in [0.15, 0.2) is 29.1 Å². The number of halogens is 1. The van der Waals surface area contributed by atoms with Crippen LogP contribution in [0.4, 0.5) is 10.1 Å². The molecule has 0 saturated heterocycles. The number of nitrogens with zero attached hydrogens (tertiary/aromatic N) is 2. The molecule has 20 heavy (non-hydrogen) atoms. The molecule has 0 aliphatic rings. The van der Waals surface area contributed by atoms with E-state index in [9.17, 15) is 9.18 Å². The summed E-state index contributed by atoms with van der Waals surface area (Å²) in [6.45, 7) is 5.09. The number of benzene rings is 1. The molecule has 0 atom stereocenters. The molecule has 0 aliphatic heterocycles. The molecule has 0 unspecified atom stereocenters. The lowest BCUT2D eigenvalue weighted by Crippen LogP contribution is -2.25. The number of rotatable bonds is 5. The zero-order valence-corrected chi connectivity index (χ0v) is 11.9. The van der Waals surface area contributed by atoms with Crippen molar-refractivity contribution in [1.82, 2.24) is 9.36 Å². The Hall–Kier alpha value is -2.04. The van der Waals surface area contributed by atoms with Crippen LogP contribution in [0.5, 0.6) is 0 Å². The van der Waals surface area contributed by atoms with Gasteiger partial charge in [-0.1, -0.05) is 26.0 Å². The molecule has 0 amide bonds. The van der Waals surface area contributed by atoms with Crippen molar-refractivity contribution in [2.24, 2.45) is 0 Å². The second kappa shape index (κ2) is 5.94. The highest BCUT2D eigenvalue weighted by Crippen LogP contribution is 2.13. The first-order valence-electron chi connectivity index (χ1n) is 6.90. The van der Waals surface area contributed by atoms with Crippen LogP contribution in [0.2, 0.25) is 0 Å². The Bertz CT molecular complexity index is 658. The van der Waals surface area contributed by atoms with Gasteiger partial charge in [0, 0.05) is 6.54 Å². The maximum Gasteiger partial charge on any atom is 0.290 e. The Balaban J connectivity index is 2.47. The average Bonchev–Trinajstić information content (AvgIpc) is 2.64. The van der Waals surface area contributed by atoms with Crippen molar-refractivity contribution in [1.29, 1.82) is 0 Å². The van der Waals surface area contributed by atoms with Gasteiger partial charge in [0.1, 0.15) is 11.5 Å². The molecule has 2 rings (SSSR count). The monoisotopic (exact) mass is 277 g/mol. The Morgan fingerprint density at radius 3 is 2.60 bits per heavy atom. The molecule has 0 aliphatic carbocycles. The van der Waals surface area contributed by atoms with Crippen LogP contribution in [0, 0.1) is 5.82 Å². The lowest BCUT2D eigenvalue weighted by molar-refractivity contribution is 0.451. The van der Waals surface area contributed by atoms with Crippen LogP contribution in [0.3, 0.4) is 0 Å². The first-order valence-corrected chi connectivity index (χ1v) is 6.90. The van der Waals surface area contributed by atoms with Gasteiger partial charge in [-0.25, -0.2) is 9.07 Å². The highest BCUT2D eigenvalue weighted by Gasteiger charge is 2.16. The molecule has 1 aromatic carbocycles. The van der Waals surface area contributed by atoms with E-state index in [0.29, 0.717) is 18.7 Å². The third kappa shape index (κ3) is 2.61. The topological polar surface area (TPSA) is 52.9 Å². The number of hydrogen-bond acceptors (Lipinski definition) is 2. The lowest BCUT2D eigenvalue weighted by Gasteiger charge is -2.13. The molecular formula is C15H20FN3O. The fourth-order valence-electron chi connectivity index (χ4n) is 2.46. The number of nitrogen functional groups attached to an aromatic ring is 1. The van der Waals surface area contributed by atoms with E-state index in [0.717, 1.165) is 24.2 Å². The summed E-state index contributed by atoms with van der Waals surface area (Å²) in [5.41, 5.74) is 7.62. The van der Waals surface area contributed by atoms with Crippen molar-refractivity contribution in [3.05, 3.63) is 51.7 Å². The molecule has 0 radical (unpaired) electrons. The predicted molar refractivity (Wildman–Crippen MR) is 78.3 cm³/mol. The van der Waals surface area contributed by atoms with Gasteiger partial charge in [0.25, 0.3) is 5.56 Å². The smallest absolute Gasteiger partial charge is 0.290 e. The normalized spacial score (nSPS) is 10.9. The Labute approximate surface area is 117 Å². The largest absolute Gasteiger partial charge is 0.393 e. The molecule has 2 N–H and O–H groups in total. The molecule has 0 fully saturated rings. The number of nitrogens with two attached hydrogens (primary N) is 1. The third-order valence-electron chi connectivity index (χ3n) is 3.37. The minimum atomic E-state index is -0.298. The van der Waals surface area contributed by atoms with Gasteiger partial charge >= 0.3 is 0 Å². The lowest BCUT2D eigenvalue weighted by atomic mass is 10.2. The predicted octanol–water partition coefficient (Wildman–Crippen LogP) is 2.39. The van der Waals surface area contributed by atoms with Crippen molar-refractivity contribution >= 4 is 5.69 Å². The minimum absolute atomic E-state index is 0.195. The summed E-state index contributed by atoms with van der Waals surface area (Å²) in [5, 5.41) is 0. The van der Waals surface area contributed by atoms with Crippen molar-refractivity contribution in [2.75, 3.05) is 5.73 Å². The third-order valence-corrected chi connectivity index (χ3v) is 3.37. The summed E-state index contributed by atoms with van der Waals surface area (Å²) in [7, 11) is 0. The van der Waals surface area contributed by atoms with Gasteiger partial charge in [0.2, 0.25) is 0 Å². The summed E-state index contributed by atoms with van der Waals surface area (Å²) < 4.78 is 16.8. The van der Waals surface area contributed by atoms with Crippen molar-refractivity contribution in [3.63, 3.8) is 0 Å². The average molecular weight is 277 g/mol. The van der Waals surface area contributed by atoms with E-state index >= 15 is 0 Å². The molecule has 4 nitrogen and oxygen atoms in total.